The average molecular weight is 254 g/mol. The highest BCUT2D eigenvalue weighted by Gasteiger charge is 2.29. The van der Waals surface area contributed by atoms with Gasteiger partial charge in [-0.05, 0) is 32.2 Å². The molecule has 4 N–H and O–H groups in total. The van der Waals surface area contributed by atoms with Crippen molar-refractivity contribution in [2.45, 2.75) is 51.5 Å². The van der Waals surface area contributed by atoms with E-state index in [0.717, 1.165) is 51.7 Å². The number of rotatable bonds is 6. The van der Waals surface area contributed by atoms with Crippen LogP contribution in [-0.2, 0) is 4.79 Å². The predicted molar refractivity (Wildman–Crippen MR) is 72.6 cm³/mol. The first kappa shape index (κ1) is 16.9. The molecule has 0 bridgehead atoms. The highest BCUT2D eigenvalue weighted by atomic mass is 16.1. The first-order valence-corrected chi connectivity index (χ1v) is 6.26. The van der Waals surface area contributed by atoms with Gasteiger partial charge in [-0.3, -0.25) is 4.79 Å². The minimum Gasteiger partial charge on any atom is -0.370 e. The van der Waals surface area contributed by atoms with Crippen molar-refractivity contribution >= 4 is 5.91 Å². The summed E-state index contributed by atoms with van der Waals surface area (Å²) in [6.07, 6.45) is 4.99. The first-order valence-electron chi connectivity index (χ1n) is 6.26. The van der Waals surface area contributed by atoms with Gasteiger partial charge in [0.1, 0.15) is 5.54 Å². The van der Waals surface area contributed by atoms with Crippen molar-refractivity contribution < 1.29 is 4.79 Å². The molecule has 0 aliphatic carbocycles. The second-order valence-corrected chi connectivity index (χ2v) is 4.89. The Morgan fingerprint density at radius 2 is 1.89 bits per heavy atom. The number of likely N-dealkylation sites (tertiary alicyclic amines) is 1. The molecule has 5 heteroatoms. The zero-order chi connectivity index (χ0) is 12.7. The van der Waals surface area contributed by atoms with Crippen molar-refractivity contribution in [1.82, 2.24) is 4.90 Å². The molecule has 104 valence electrons. The quantitative estimate of drug-likeness (QED) is 0.691. The van der Waals surface area contributed by atoms with Crippen molar-refractivity contribution in [3.05, 3.63) is 0 Å². The number of nitriles is 1. The molecule has 1 heterocycles. The van der Waals surface area contributed by atoms with Crippen LogP contribution in [0.25, 0.3) is 0 Å². The highest BCUT2D eigenvalue weighted by Crippen LogP contribution is 2.19. The smallest absolute Gasteiger partial charge is 0.217 e. The molecule has 18 heavy (non-hydrogen) atoms. The second kappa shape index (κ2) is 8.06. The van der Waals surface area contributed by atoms with Crippen LogP contribution < -0.4 is 11.5 Å². The Hall–Kier alpha value is -1.12. The van der Waals surface area contributed by atoms with Crippen LogP contribution >= 0.6 is 0 Å². The third kappa shape index (κ3) is 5.99. The number of amides is 1. The normalized spacial score (nSPS) is 18.7. The number of carbonyl (C=O) groups is 1. The molecule has 1 saturated heterocycles. The van der Waals surface area contributed by atoms with Gasteiger partial charge < -0.3 is 16.4 Å². The lowest BCUT2D eigenvalue weighted by Crippen LogP contribution is -2.49. The molecule has 0 unspecified atom stereocenters. The lowest BCUT2D eigenvalue weighted by atomic mass is 9.90. The molecule has 1 rings (SSSR count). The Bertz CT molecular complexity index is 290. The molecule has 0 aromatic heterocycles. The summed E-state index contributed by atoms with van der Waals surface area (Å²) in [6.45, 7) is 2.83. The number of primary amides is 1. The van der Waals surface area contributed by atoms with Gasteiger partial charge in [0.25, 0.3) is 0 Å². The van der Waals surface area contributed by atoms with E-state index in [1.165, 1.54) is 0 Å². The minimum absolute atomic E-state index is 0. The van der Waals surface area contributed by atoms with Crippen molar-refractivity contribution in [1.29, 1.82) is 5.26 Å². The summed E-state index contributed by atoms with van der Waals surface area (Å²) < 4.78 is 0. The third-order valence-corrected chi connectivity index (χ3v) is 3.37. The van der Waals surface area contributed by atoms with Crippen LogP contribution in [0.3, 0.4) is 0 Å². The number of hydrogen-bond donors (Lipinski definition) is 2. The van der Waals surface area contributed by atoms with E-state index in [2.05, 4.69) is 11.0 Å². The van der Waals surface area contributed by atoms with Crippen LogP contribution in [0, 0.1) is 11.3 Å². The zero-order valence-electron chi connectivity index (χ0n) is 10.3. The topological polar surface area (TPSA) is 96.1 Å². The van der Waals surface area contributed by atoms with Gasteiger partial charge in [0.2, 0.25) is 5.91 Å². The summed E-state index contributed by atoms with van der Waals surface area (Å²) in [6, 6.07) is 2.19. The van der Waals surface area contributed by atoms with Crippen molar-refractivity contribution in [3.8, 4) is 6.07 Å². The number of nitrogens with zero attached hydrogens (tertiary/aromatic N) is 2. The Morgan fingerprint density at radius 1 is 1.28 bits per heavy atom. The van der Waals surface area contributed by atoms with Gasteiger partial charge in [0, 0.05) is 19.5 Å². The molecule has 0 aromatic rings. The van der Waals surface area contributed by atoms with E-state index in [1.807, 2.05) is 0 Å². The van der Waals surface area contributed by atoms with Gasteiger partial charge in [0.15, 0.2) is 0 Å². The van der Waals surface area contributed by atoms with Crippen LogP contribution in [0.1, 0.15) is 46.0 Å². The maximum absolute atomic E-state index is 10.5. The lowest BCUT2D eigenvalue weighted by Gasteiger charge is -2.34. The van der Waals surface area contributed by atoms with E-state index in [4.69, 9.17) is 16.7 Å². The number of carbonyl (C=O) groups excluding carboxylic acids is 1. The first-order chi connectivity index (χ1) is 8.06. The van der Waals surface area contributed by atoms with Crippen molar-refractivity contribution in [2.24, 2.45) is 11.5 Å². The number of piperidine rings is 1. The van der Waals surface area contributed by atoms with Gasteiger partial charge in [-0.25, -0.2) is 0 Å². The molecular weight excluding hydrogens is 228 g/mol. The highest BCUT2D eigenvalue weighted by molar-refractivity contribution is 5.73. The van der Waals surface area contributed by atoms with Crippen molar-refractivity contribution in [3.63, 3.8) is 0 Å². The van der Waals surface area contributed by atoms with E-state index in [1.54, 1.807) is 0 Å². The van der Waals surface area contributed by atoms with Crippen LogP contribution in [-0.4, -0.2) is 36.0 Å². The summed E-state index contributed by atoms with van der Waals surface area (Å²) >= 11 is 0. The standard InChI is InChI=1S/C12H22N4O.CH4/c13-10-12(15)5-8-16(9-6-12)7-3-1-2-4-11(14)17;/h1-9,15H2,(H2,14,17);1H4. The summed E-state index contributed by atoms with van der Waals surface area (Å²) in [5.41, 5.74) is 10.4. The predicted octanol–water partition coefficient (Wildman–Crippen LogP) is 0.985. The molecule has 1 fully saturated rings. The number of hydrogen-bond acceptors (Lipinski definition) is 4. The Kier molecular flexibility index (Phi) is 7.56. The average Bonchev–Trinajstić information content (AvgIpc) is 2.31. The van der Waals surface area contributed by atoms with Crippen LogP contribution in [0.4, 0.5) is 0 Å². The molecule has 1 amide bonds. The zero-order valence-corrected chi connectivity index (χ0v) is 10.3. The van der Waals surface area contributed by atoms with E-state index < -0.39 is 5.54 Å². The van der Waals surface area contributed by atoms with Gasteiger partial charge in [-0.15, -0.1) is 0 Å². The number of unbranched alkanes of at least 4 members (excludes halogenated alkanes) is 2. The largest absolute Gasteiger partial charge is 0.370 e. The summed E-state index contributed by atoms with van der Waals surface area (Å²) in [5, 5.41) is 8.90. The van der Waals surface area contributed by atoms with E-state index in [-0.39, 0.29) is 13.3 Å². The molecule has 0 aromatic carbocycles. The Morgan fingerprint density at radius 3 is 2.39 bits per heavy atom. The van der Waals surface area contributed by atoms with E-state index >= 15 is 0 Å². The second-order valence-electron chi connectivity index (χ2n) is 4.89. The van der Waals surface area contributed by atoms with Crippen LogP contribution in [0.2, 0.25) is 0 Å². The fourth-order valence-electron chi connectivity index (χ4n) is 2.10. The third-order valence-electron chi connectivity index (χ3n) is 3.37. The van der Waals surface area contributed by atoms with Gasteiger partial charge in [-0.2, -0.15) is 5.26 Å². The fourth-order valence-corrected chi connectivity index (χ4v) is 2.10. The molecule has 0 radical (unpaired) electrons. The van der Waals surface area contributed by atoms with E-state index in [9.17, 15) is 4.79 Å². The SMILES string of the molecule is C.N#CC1(N)CCN(CCCCCC(N)=O)CC1. The molecule has 0 atom stereocenters. The summed E-state index contributed by atoms with van der Waals surface area (Å²) in [5.74, 6) is -0.218. The van der Waals surface area contributed by atoms with Crippen molar-refractivity contribution in [2.75, 3.05) is 19.6 Å². The van der Waals surface area contributed by atoms with E-state index in [0.29, 0.717) is 6.42 Å². The monoisotopic (exact) mass is 254 g/mol. The Balaban J connectivity index is 0.00000289. The number of nitrogens with two attached hydrogens (primary N) is 2. The summed E-state index contributed by atoms with van der Waals surface area (Å²) in [7, 11) is 0. The molecule has 1 aliphatic rings. The molecular formula is C13H26N4O. The molecule has 0 saturated carbocycles. The van der Waals surface area contributed by atoms with Gasteiger partial charge >= 0.3 is 0 Å². The summed E-state index contributed by atoms with van der Waals surface area (Å²) in [4.78, 5) is 12.9. The maximum Gasteiger partial charge on any atom is 0.217 e. The fraction of sp³-hybridized carbons (Fsp3) is 0.846. The molecule has 5 nitrogen and oxygen atoms in total. The lowest BCUT2D eigenvalue weighted by molar-refractivity contribution is -0.118. The van der Waals surface area contributed by atoms with Crippen LogP contribution in [0.5, 0.6) is 0 Å². The minimum atomic E-state index is -0.609. The molecule has 1 aliphatic heterocycles. The Labute approximate surface area is 110 Å². The molecule has 0 spiro atoms. The maximum atomic E-state index is 10.5. The van der Waals surface area contributed by atoms with Crippen LogP contribution in [0.15, 0.2) is 0 Å². The van der Waals surface area contributed by atoms with Gasteiger partial charge in [0.05, 0.1) is 6.07 Å². The van der Waals surface area contributed by atoms with Gasteiger partial charge in [-0.1, -0.05) is 13.8 Å².